The van der Waals surface area contributed by atoms with Gasteiger partial charge in [-0.1, -0.05) is 6.42 Å². The van der Waals surface area contributed by atoms with Gasteiger partial charge in [0.25, 0.3) is 0 Å². The van der Waals surface area contributed by atoms with E-state index < -0.39 is 17.4 Å². The van der Waals surface area contributed by atoms with Crippen molar-refractivity contribution in [1.29, 1.82) is 0 Å². The molecule has 0 aromatic heterocycles. The minimum Gasteiger partial charge on any atom is -0.378 e. The molecule has 10 heteroatoms. The monoisotopic (exact) mass is 410 g/mol. The zero-order chi connectivity index (χ0) is 20.6. The standard InChI is InChI=1S/C19H25F3N6O/c20-19(21,22)13-10-14(27-6-8-29-9-7-27)12-15(11-13)28-17(24)25-16(23)26-18(28)4-2-1-3-5-18/h10-12H,1-9H2,(H4,23,24,25,26). The molecule has 4 rings (SSSR count). The first-order valence-corrected chi connectivity index (χ1v) is 9.83. The number of hydrogen-bond acceptors (Lipinski definition) is 7. The van der Waals surface area contributed by atoms with Crippen LogP contribution in [-0.2, 0) is 10.9 Å². The van der Waals surface area contributed by atoms with Crippen LogP contribution in [0.15, 0.2) is 28.2 Å². The van der Waals surface area contributed by atoms with E-state index in [0.29, 0.717) is 50.5 Å². The second-order valence-electron chi connectivity index (χ2n) is 7.65. The number of halogens is 3. The van der Waals surface area contributed by atoms with Crippen LogP contribution in [0.1, 0.15) is 37.7 Å². The van der Waals surface area contributed by atoms with E-state index in [0.717, 1.165) is 25.3 Å². The van der Waals surface area contributed by atoms with E-state index in [4.69, 9.17) is 16.2 Å². The maximum absolute atomic E-state index is 13.7. The van der Waals surface area contributed by atoms with Gasteiger partial charge in [0.1, 0.15) is 5.66 Å². The number of anilines is 2. The van der Waals surface area contributed by atoms with Crippen molar-refractivity contribution >= 4 is 23.3 Å². The number of alkyl halides is 3. The van der Waals surface area contributed by atoms with Crippen molar-refractivity contribution in [2.45, 2.75) is 43.9 Å². The quantitative estimate of drug-likeness (QED) is 0.782. The molecule has 0 atom stereocenters. The van der Waals surface area contributed by atoms with Crippen molar-refractivity contribution in [3.8, 4) is 0 Å². The first-order valence-electron chi connectivity index (χ1n) is 9.83. The van der Waals surface area contributed by atoms with Crippen LogP contribution in [0.4, 0.5) is 24.5 Å². The third-order valence-electron chi connectivity index (χ3n) is 5.72. The summed E-state index contributed by atoms with van der Waals surface area (Å²) in [5.41, 5.74) is 11.4. The Balaban J connectivity index is 1.82. The Morgan fingerprint density at radius 3 is 2.28 bits per heavy atom. The number of rotatable bonds is 2. The zero-order valence-electron chi connectivity index (χ0n) is 16.1. The lowest BCUT2D eigenvalue weighted by atomic mass is 9.87. The summed E-state index contributed by atoms with van der Waals surface area (Å²) < 4.78 is 46.5. The normalized spacial score (nSPS) is 22.4. The van der Waals surface area contributed by atoms with Gasteiger partial charge in [-0.15, -0.1) is 0 Å². The summed E-state index contributed by atoms with van der Waals surface area (Å²) in [4.78, 5) is 12.1. The molecule has 158 valence electrons. The Morgan fingerprint density at radius 1 is 0.966 bits per heavy atom. The van der Waals surface area contributed by atoms with Gasteiger partial charge in [-0.05, 0) is 43.9 Å². The molecular formula is C19H25F3N6O. The minimum atomic E-state index is -4.49. The maximum atomic E-state index is 13.7. The molecule has 2 aliphatic heterocycles. The van der Waals surface area contributed by atoms with Crippen LogP contribution in [0.2, 0.25) is 0 Å². The van der Waals surface area contributed by atoms with Crippen LogP contribution in [0.5, 0.6) is 0 Å². The highest BCUT2D eigenvalue weighted by Gasteiger charge is 2.43. The van der Waals surface area contributed by atoms with Crippen LogP contribution in [-0.4, -0.2) is 43.9 Å². The lowest BCUT2D eigenvalue weighted by molar-refractivity contribution is -0.137. The van der Waals surface area contributed by atoms with Crippen LogP contribution >= 0.6 is 0 Å². The number of ether oxygens (including phenoxy) is 1. The van der Waals surface area contributed by atoms with Gasteiger partial charge in [0.15, 0.2) is 0 Å². The van der Waals surface area contributed by atoms with Gasteiger partial charge in [-0.25, -0.2) is 4.99 Å². The minimum absolute atomic E-state index is 0.0704. The van der Waals surface area contributed by atoms with E-state index in [2.05, 4.69) is 9.98 Å². The fourth-order valence-electron chi connectivity index (χ4n) is 4.39. The first kappa shape index (κ1) is 19.8. The molecule has 2 fully saturated rings. The highest BCUT2D eigenvalue weighted by molar-refractivity contribution is 6.05. The molecule has 1 aliphatic carbocycles. The van der Waals surface area contributed by atoms with Gasteiger partial charge < -0.3 is 21.1 Å². The molecule has 7 nitrogen and oxygen atoms in total. The largest absolute Gasteiger partial charge is 0.416 e. The van der Waals surface area contributed by atoms with Gasteiger partial charge in [0.2, 0.25) is 11.9 Å². The molecule has 0 amide bonds. The van der Waals surface area contributed by atoms with E-state index in [1.54, 1.807) is 11.0 Å². The summed E-state index contributed by atoms with van der Waals surface area (Å²) in [7, 11) is 0. The summed E-state index contributed by atoms with van der Waals surface area (Å²) in [5.74, 6) is 0.146. The predicted octanol–water partition coefficient (Wildman–Crippen LogP) is 2.65. The second kappa shape index (κ2) is 7.40. The molecule has 1 aromatic carbocycles. The van der Waals surface area contributed by atoms with Crippen LogP contribution in [0.3, 0.4) is 0 Å². The molecule has 1 spiro atoms. The van der Waals surface area contributed by atoms with Crippen molar-refractivity contribution in [2.24, 2.45) is 21.5 Å². The van der Waals surface area contributed by atoms with Gasteiger partial charge in [0, 0.05) is 24.5 Å². The van der Waals surface area contributed by atoms with Crippen molar-refractivity contribution in [2.75, 3.05) is 36.1 Å². The fourth-order valence-corrected chi connectivity index (χ4v) is 4.39. The lowest BCUT2D eigenvalue weighted by Gasteiger charge is -2.46. The molecule has 4 N–H and O–H groups in total. The SMILES string of the molecule is NC1=NC2(CCCCC2)N(c2cc(N3CCOCC3)cc(C(F)(F)F)c2)C(N)=N1. The Labute approximate surface area is 167 Å². The number of aliphatic imine (C=N–C) groups is 2. The Morgan fingerprint density at radius 2 is 1.62 bits per heavy atom. The van der Waals surface area contributed by atoms with Crippen LogP contribution in [0.25, 0.3) is 0 Å². The van der Waals surface area contributed by atoms with E-state index in [-0.39, 0.29) is 11.9 Å². The van der Waals surface area contributed by atoms with Gasteiger partial charge in [-0.2, -0.15) is 18.2 Å². The summed E-state index contributed by atoms with van der Waals surface area (Å²) >= 11 is 0. The van der Waals surface area contributed by atoms with Gasteiger partial charge >= 0.3 is 6.18 Å². The van der Waals surface area contributed by atoms with E-state index in [9.17, 15) is 13.2 Å². The molecule has 1 saturated carbocycles. The Kier molecular flexibility index (Phi) is 5.05. The Hall–Kier alpha value is -2.49. The molecule has 0 radical (unpaired) electrons. The van der Waals surface area contributed by atoms with Crippen molar-refractivity contribution in [3.05, 3.63) is 23.8 Å². The van der Waals surface area contributed by atoms with E-state index in [1.807, 2.05) is 4.90 Å². The predicted molar refractivity (Wildman–Crippen MR) is 106 cm³/mol. The van der Waals surface area contributed by atoms with E-state index in [1.165, 1.54) is 6.07 Å². The van der Waals surface area contributed by atoms with Crippen LogP contribution in [0, 0.1) is 0 Å². The summed E-state index contributed by atoms with van der Waals surface area (Å²) in [5, 5.41) is 0. The number of benzene rings is 1. The van der Waals surface area contributed by atoms with Gasteiger partial charge in [0.05, 0.1) is 18.8 Å². The first-order chi connectivity index (χ1) is 13.8. The van der Waals surface area contributed by atoms with Crippen LogP contribution < -0.4 is 21.3 Å². The number of nitrogens with zero attached hydrogens (tertiary/aromatic N) is 4. The molecule has 3 aliphatic rings. The summed E-state index contributed by atoms with van der Waals surface area (Å²) in [6, 6.07) is 4.04. The second-order valence-corrected chi connectivity index (χ2v) is 7.65. The number of hydrogen-bond donors (Lipinski definition) is 2. The molecule has 0 unspecified atom stereocenters. The molecular weight excluding hydrogens is 385 g/mol. The third-order valence-corrected chi connectivity index (χ3v) is 5.72. The zero-order valence-corrected chi connectivity index (χ0v) is 16.1. The highest BCUT2D eigenvalue weighted by Crippen LogP contribution is 2.42. The highest BCUT2D eigenvalue weighted by atomic mass is 19.4. The van der Waals surface area contributed by atoms with E-state index >= 15 is 0 Å². The topological polar surface area (TPSA) is 92.5 Å². The van der Waals surface area contributed by atoms with Gasteiger partial charge in [-0.3, -0.25) is 4.90 Å². The number of guanidine groups is 2. The summed E-state index contributed by atoms with van der Waals surface area (Å²) in [6.07, 6.45) is -0.323. The van der Waals surface area contributed by atoms with Crippen molar-refractivity contribution in [1.82, 2.24) is 0 Å². The third kappa shape index (κ3) is 3.85. The molecule has 1 saturated heterocycles. The number of morpholine rings is 1. The molecule has 0 bridgehead atoms. The molecule has 1 aromatic rings. The Bertz CT molecular complexity index is 826. The molecule has 2 heterocycles. The number of nitrogens with two attached hydrogens (primary N) is 2. The maximum Gasteiger partial charge on any atom is 0.416 e. The van der Waals surface area contributed by atoms with Crippen molar-refractivity contribution < 1.29 is 17.9 Å². The van der Waals surface area contributed by atoms with Crippen molar-refractivity contribution in [3.63, 3.8) is 0 Å². The molecule has 29 heavy (non-hydrogen) atoms. The summed E-state index contributed by atoms with van der Waals surface area (Å²) in [6.45, 7) is 2.01. The smallest absolute Gasteiger partial charge is 0.378 e. The average Bonchev–Trinajstić information content (AvgIpc) is 2.68. The fraction of sp³-hybridized carbons (Fsp3) is 0.579. The lowest BCUT2D eigenvalue weighted by Crippen LogP contribution is -2.58. The average molecular weight is 410 g/mol.